The Labute approximate surface area is 118 Å². The third kappa shape index (κ3) is 2.44. The second-order valence-electron chi connectivity index (χ2n) is 5.83. The second kappa shape index (κ2) is 5.52. The number of ether oxygens (including phenoxy) is 1. The van der Waals surface area contributed by atoms with Gasteiger partial charge in [-0.1, -0.05) is 6.42 Å². The molecule has 3 aliphatic rings. The smallest absolute Gasteiger partial charge is 0.255 e. The Morgan fingerprint density at radius 1 is 1.00 bits per heavy atom. The Hall–Kier alpha value is -1.43. The van der Waals surface area contributed by atoms with E-state index in [1.54, 1.807) is 0 Å². The Balaban J connectivity index is 1.56. The largest absolute Gasteiger partial charge is 0.362 e. The van der Waals surface area contributed by atoms with Crippen molar-refractivity contribution >= 4 is 17.7 Å². The average Bonchev–Trinajstić information content (AvgIpc) is 2.37. The average molecular weight is 280 g/mol. The van der Waals surface area contributed by atoms with E-state index in [1.165, 1.54) is 4.90 Å². The molecule has 1 aliphatic carbocycles. The predicted molar refractivity (Wildman–Crippen MR) is 69.6 cm³/mol. The summed E-state index contributed by atoms with van der Waals surface area (Å²) in [6, 6.07) is -0.0654. The summed E-state index contributed by atoms with van der Waals surface area (Å²) < 4.78 is 4.92. The monoisotopic (exact) mass is 280 g/mol. The fraction of sp³-hybridized carbons (Fsp3) is 0.786. The molecule has 0 radical (unpaired) electrons. The molecule has 0 unspecified atom stereocenters. The molecule has 2 heterocycles. The molecule has 0 aromatic carbocycles. The molecule has 6 heteroatoms. The minimum Gasteiger partial charge on any atom is -0.362 e. The number of imide groups is 1. The van der Waals surface area contributed by atoms with Gasteiger partial charge in [0, 0.05) is 25.0 Å². The zero-order valence-corrected chi connectivity index (χ0v) is 11.5. The van der Waals surface area contributed by atoms with E-state index >= 15 is 0 Å². The molecule has 3 fully saturated rings. The topological polar surface area (TPSA) is 66.9 Å². The number of carbonyl (C=O) groups is 3. The molecule has 0 spiro atoms. The van der Waals surface area contributed by atoms with Crippen LogP contribution in [0.1, 0.15) is 32.1 Å². The molecule has 110 valence electrons. The van der Waals surface area contributed by atoms with Crippen LogP contribution >= 0.6 is 0 Å². The van der Waals surface area contributed by atoms with E-state index in [4.69, 9.17) is 4.74 Å². The molecular formula is C14H20N2O4. The van der Waals surface area contributed by atoms with Crippen molar-refractivity contribution in [2.45, 2.75) is 38.1 Å². The maximum atomic E-state index is 12.2. The van der Waals surface area contributed by atoms with E-state index in [9.17, 15) is 14.4 Å². The van der Waals surface area contributed by atoms with Gasteiger partial charge in [-0.05, 0) is 25.7 Å². The minimum absolute atomic E-state index is 0.00699. The van der Waals surface area contributed by atoms with Crippen LogP contribution in [0.25, 0.3) is 0 Å². The third-order valence-corrected chi connectivity index (χ3v) is 4.58. The van der Waals surface area contributed by atoms with Gasteiger partial charge in [0.2, 0.25) is 5.91 Å². The van der Waals surface area contributed by atoms with Crippen LogP contribution in [0.5, 0.6) is 0 Å². The first-order valence-corrected chi connectivity index (χ1v) is 7.38. The summed E-state index contributed by atoms with van der Waals surface area (Å²) in [6.07, 6.45) is 4.56. The van der Waals surface area contributed by atoms with Crippen molar-refractivity contribution in [3.05, 3.63) is 0 Å². The zero-order valence-electron chi connectivity index (χ0n) is 11.5. The van der Waals surface area contributed by atoms with Gasteiger partial charge in [-0.15, -0.1) is 0 Å². The van der Waals surface area contributed by atoms with E-state index in [0.717, 1.165) is 19.3 Å². The SMILES string of the molecule is O=C(C1CCC1)N1CCC(N2C(=O)COCC2=O)CC1. The Kier molecular flexibility index (Phi) is 3.74. The van der Waals surface area contributed by atoms with E-state index in [0.29, 0.717) is 25.9 Å². The number of rotatable bonds is 2. The number of piperidine rings is 1. The van der Waals surface area contributed by atoms with Crippen molar-refractivity contribution in [3.8, 4) is 0 Å². The molecule has 2 saturated heterocycles. The summed E-state index contributed by atoms with van der Waals surface area (Å²) in [5.41, 5.74) is 0. The first kappa shape index (κ1) is 13.5. The highest BCUT2D eigenvalue weighted by atomic mass is 16.5. The van der Waals surface area contributed by atoms with Crippen LogP contribution in [0.4, 0.5) is 0 Å². The lowest BCUT2D eigenvalue weighted by Crippen LogP contribution is -2.55. The van der Waals surface area contributed by atoms with Crippen LogP contribution < -0.4 is 0 Å². The van der Waals surface area contributed by atoms with Crippen LogP contribution in [0.15, 0.2) is 0 Å². The molecule has 0 atom stereocenters. The number of nitrogens with zero attached hydrogens (tertiary/aromatic N) is 2. The van der Waals surface area contributed by atoms with Gasteiger partial charge in [0.15, 0.2) is 0 Å². The van der Waals surface area contributed by atoms with Gasteiger partial charge in [-0.25, -0.2) is 0 Å². The van der Waals surface area contributed by atoms with Crippen LogP contribution in [-0.2, 0) is 19.1 Å². The van der Waals surface area contributed by atoms with Crippen molar-refractivity contribution in [3.63, 3.8) is 0 Å². The number of likely N-dealkylation sites (tertiary alicyclic amines) is 1. The maximum Gasteiger partial charge on any atom is 0.255 e. The molecule has 6 nitrogen and oxygen atoms in total. The van der Waals surface area contributed by atoms with Crippen molar-refractivity contribution in [2.75, 3.05) is 26.3 Å². The van der Waals surface area contributed by atoms with E-state index in [-0.39, 0.29) is 42.9 Å². The van der Waals surface area contributed by atoms with Crippen LogP contribution in [0, 0.1) is 5.92 Å². The third-order valence-electron chi connectivity index (χ3n) is 4.58. The lowest BCUT2D eigenvalue weighted by atomic mass is 9.84. The number of carbonyl (C=O) groups excluding carboxylic acids is 3. The van der Waals surface area contributed by atoms with E-state index in [2.05, 4.69) is 0 Å². The predicted octanol–water partition coefficient (Wildman–Crippen LogP) is 0.163. The molecule has 3 rings (SSSR count). The molecule has 0 aromatic heterocycles. The first-order valence-electron chi connectivity index (χ1n) is 7.38. The van der Waals surface area contributed by atoms with Gasteiger partial charge in [-0.2, -0.15) is 0 Å². The van der Waals surface area contributed by atoms with Crippen molar-refractivity contribution in [2.24, 2.45) is 5.92 Å². The quantitative estimate of drug-likeness (QED) is 0.676. The van der Waals surface area contributed by atoms with Crippen LogP contribution in [0.3, 0.4) is 0 Å². The van der Waals surface area contributed by atoms with Crippen molar-refractivity contribution < 1.29 is 19.1 Å². The molecule has 3 amide bonds. The molecule has 0 N–H and O–H groups in total. The maximum absolute atomic E-state index is 12.2. The first-order chi connectivity index (χ1) is 9.66. The summed E-state index contributed by atoms with van der Waals surface area (Å²) in [4.78, 5) is 39.0. The molecular weight excluding hydrogens is 260 g/mol. The van der Waals surface area contributed by atoms with Gasteiger partial charge < -0.3 is 9.64 Å². The number of morpholine rings is 1. The molecule has 20 heavy (non-hydrogen) atoms. The van der Waals surface area contributed by atoms with Gasteiger partial charge in [0.25, 0.3) is 11.8 Å². The second-order valence-corrected chi connectivity index (χ2v) is 5.83. The summed E-state index contributed by atoms with van der Waals surface area (Å²) in [7, 11) is 0. The summed E-state index contributed by atoms with van der Waals surface area (Å²) in [5.74, 6) is -0.0115. The number of hydrogen-bond acceptors (Lipinski definition) is 4. The summed E-state index contributed by atoms with van der Waals surface area (Å²) in [6.45, 7) is 1.29. The normalized spacial score (nSPS) is 25.8. The molecule has 2 aliphatic heterocycles. The van der Waals surface area contributed by atoms with E-state index < -0.39 is 0 Å². The fourth-order valence-electron chi connectivity index (χ4n) is 3.17. The van der Waals surface area contributed by atoms with Gasteiger partial charge in [0.1, 0.15) is 13.2 Å². The molecule has 0 bridgehead atoms. The lowest BCUT2D eigenvalue weighted by molar-refractivity contribution is -0.162. The van der Waals surface area contributed by atoms with Gasteiger partial charge in [-0.3, -0.25) is 19.3 Å². The zero-order chi connectivity index (χ0) is 14.1. The molecule has 0 aromatic rings. The van der Waals surface area contributed by atoms with Gasteiger partial charge in [0.05, 0.1) is 0 Å². The molecule has 1 saturated carbocycles. The minimum atomic E-state index is -0.245. The fourth-order valence-corrected chi connectivity index (χ4v) is 3.17. The van der Waals surface area contributed by atoms with Crippen molar-refractivity contribution in [1.29, 1.82) is 0 Å². The summed E-state index contributed by atoms with van der Waals surface area (Å²) >= 11 is 0. The van der Waals surface area contributed by atoms with Crippen LogP contribution in [-0.4, -0.2) is 59.9 Å². The lowest BCUT2D eigenvalue weighted by Gasteiger charge is -2.40. The Bertz CT molecular complexity index is 409. The van der Waals surface area contributed by atoms with Gasteiger partial charge >= 0.3 is 0 Å². The number of amides is 3. The van der Waals surface area contributed by atoms with Crippen molar-refractivity contribution in [1.82, 2.24) is 9.80 Å². The highest BCUT2D eigenvalue weighted by Crippen LogP contribution is 2.30. The highest BCUT2D eigenvalue weighted by Gasteiger charge is 2.37. The number of hydrogen-bond donors (Lipinski definition) is 0. The van der Waals surface area contributed by atoms with Crippen LogP contribution in [0.2, 0.25) is 0 Å². The summed E-state index contributed by atoms with van der Waals surface area (Å²) in [5, 5.41) is 0. The standard InChI is InChI=1S/C14H20N2O4/c17-12-8-20-9-13(18)16(12)11-4-6-15(7-5-11)14(19)10-2-1-3-10/h10-11H,1-9H2. The van der Waals surface area contributed by atoms with E-state index in [1.807, 2.05) is 4.90 Å². The Morgan fingerprint density at radius 3 is 2.10 bits per heavy atom. The highest BCUT2D eigenvalue weighted by molar-refractivity contribution is 5.98. The Morgan fingerprint density at radius 2 is 1.60 bits per heavy atom.